The van der Waals surface area contributed by atoms with Gasteiger partial charge in [-0.25, -0.2) is 9.97 Å². The van der Waals surface area contributed by atoms with Gasteiger partial charge in [-0.2, -0.15) is 0 Å². The molecule has 0 bridgehead atoms. The quantitative estimate of drug-likeness (QED) is 0.156. The standard InChI is InChI=1S/C56H40N4S/c1-3-16-40(31-36(4-2)45-21-10-13-24-49(45)57-43-19-6-5-7-20-43)53-55-54(47-23-12-15-26-52(47)61-55)59-56(58-53)41-28-27-37-29-30-44(33-42(37)32-41)60-50-25-14-11-22-46(50)48-34-38-17-8-9-18-39(38)35-51(48)60/h3-35,57H,1-2H3/b16-3-,36-4+,40-31+. The fourth-order valence-corrected chi connectivity index (χ4v) is 9.89. The number of fused-ring (bicyclic) bond motifs is 8. The second kappa shape index (κ2) is 15.2. The molecular formula is C56H40N4S. The van der Waals surface area contributed by atoms with Crippen LogP contribution in [-0.2, 0) is 0 Å². The van der Waals surface area contributed by atoms with Gasteiger partial charge in [0.1, 0.15) is 0 Å². The average Bonchev–Trinajstić information content (AvgIpc) is 3.85. The summed E-state index contributed by atoms with van der Waals surface area (Å²) < 4.78 is 4.67. The Labute approximate surface area is 358 Å². The molecule has 11 aromatic rings. The first-order valence-corrected chi connectivity index (χ1v) is 21.5. The van der Waals surface area contributed by atoms with Crippen LogP contribution < -0.4 is 5.32 Å². The topological polar surface area (TPSA) is 42.7 Å². The molecule has 8 aromatic carbocycles. The fourth-order valence-electron chi connectivity index (χ4n) is 8.74. The van der Waals surface area contributed by atoms with Crippen molar-refractivity contribution in [1.82, 2.24) is 14.5 Å². The number of hydrogen-bond donors (Lipinski definition) is 1. The molecule has 0 aliphatic heterocycles. The van der Waals surface area contributed by atoms with Gasteiger partial charge in [-0.1, -0.05) is 133 Å². The van der Waals surface area contributed by atoms with E-state index >= 15 is 0 Å². The lowest BCUT2D eigenvalue weighted by molar-refractivity contribution is 1.19. The van der Waals surface area contributed by atoms with Gasteiger partial charge >= 0.3 is 0 Å². The van der Waals surface area contributed by atoms with Crippen LogP contribution in [0.15, 0.2) is 200 Å². The van der Waals surface area contributed by atoms with E-state index in [4.69, 9.17) is 9.97 Å². The van der Waals surface area contributed by atoms with Gasteiger partial charge in [0.25, 0.3) is 0 Å². The van der Waals surface area contributed by atoms with Gasteiger partial charge in [-0.15, -0.1) is 11.3 Å². The van der Waals surface area contributed by atoms with Crippen molar-refractivity contribution in [3.05, 3.63) is 211 Å². The fraction of sp³-hybridized carbons (Fsp3) is 0.0357. The van der Waals surface area contributed by atoms with Crippen LogP contribution in [0.3, 0.4) is 0 Å². The van der Waals surface area contributed by atoms with E-state index in [-0.39, 0.29) is 0 Å². The van der Waals surface area contributed by atoms with Crippen molar-refractivity contribution in [2.75, 3.05) is 5.32 Å². The zero-order valence-electron chi connectivity index (χ0n) is 33.8. The predicted octanol–water partition coefficient (Wildman–Crippen LogP) is 15.7. The molecule has 3 heterocycles. The number of rotatable bonds is 8. The second-order valence-electron chi connectivity index (χ2n) is 15.4. The summed E-state index contributed by atoms with van der Waals surface area (Å²) in [6.45, 7) is 4.17. The molecule has 0 fully saturated rings. The maximum absolute atomic E-state index is 5.48. The van der Waals surface area contributed by atoms with Crippen LogP contribution in [0.1, 0.15) is 25.1 Å². The number of hydrogen-bond acceptors (Lipinski definition) is 4. The van der Waals surface area contributed by atoms with Crippen molar-refractivity contribution in [2.24, 2.45) is 0 Å². The first-order chi connectivity index (χ1) is 30.1. The van der Waals surface area contributed by atoms with E-state index in [1.54, 1.807) is 11.3 Å². The number of benzene rings is 8. The van der Waals surface area contributed by atoms with Crippen LogP contribution in [0.5, 0.6) is 0 Å². The largest absolute Gasteiger partial charge is 0.355 e. The van der Waals surface area contributed by atoms with Crippen molar-refractivity contribution in [2.45, 2.75) is 13.8 Å². The SMILES string of the molecule is C\C=C/C(=C\C(=C/C)c1ccccc1Nc1ccccc1)c1nc(-c2ccc3ccc(-n4c5ccccc5c5cc6ccccc6cc54)cc3c2)nc2c1sc1ccccc12. The van der Waals surface area contributed by atoms with Crippen molar-refractivity contribution in [3.8, 4) is 17.1 Å². The van der Waals surface area contributed by atoms with Crippen molar-refractivity contribution in [3.63, 3.8) is 0 Å². The zero-order chi connectivity index (χ0) is 40.9. The van der Waals surface area contributed by atoms with Crippen LogP contribution in [-0.4, -0.2) is 14.5 Å². The molecule has 0 unspecified atom stereocenters. The lowest BCUT2D eigenvalue weighted by atomic mass is 9.98. The molecule has 290 valence electrons. The Morgan fingerprint density at radius 3 is 2.16 bits per heavy atom. The Bertz CT molecular complexity index is 3590. The number of nitrogens with zero attached hydrogens (tertiary/aromatic N) is 3. The van der Waals surface area contributed by atoms with Gasteiger partial charge in [-0.05, 0) is 108 Å². The van der Waals surface area contributed by atoms with Crippen molar-refractivity contribution in [1.29, 1.82) is 0 Å². The smallest absolute Gasteiger partial charge is 0.160 e. The van der Waals surface area contributed by atoms with Crippen LogP contribution in [0.2, 0.25) is 0 Å². The third-order valence-electron chi connectivity index (χ3n) is 11.6. The minimum Gasteiger partial charge on any atom is -0.355 e. The predicted molar refractivity (Wildman–Crippen MR) is 262 cm³/mol. The van der Waals surface area contributed by atoms with E-state index < -0.39 is 0 Å². The van der Waals surface area contributed by atoms with E-state index in [1.165, 1.54) is 37.3 Å². The molecule has 3 aromatic heterocycles. The molecule has 0 saturated carbocycles. The van der Waals surface area contributed by atoms with E-state index in [1.807, 2.05) is 6.07 Å². The molecule has 0 saturated heterocycles. The summed E-state index contributed by atoms with van der Waals surface area (Å²) in [5.41, 5.74) is 11.7. The number of allylic oxidation sites excluding steroid dienone is 6. The van der Waals surface area contributed by atoms with Gasteiger partial charge in [0.2, 0.25) is 0 Å². The van der Waals surface area contributed by atoms with Gasteiger partial charge in [0, 0.05) is 54.6 Å². The summed E-state index contributed by atoms with van der Waals surface area (Å²) >= 11 is 1.75. The molecule has 0 aliphatic carbocycles. The van der Waals surface area contributed by atoms with E-state index in [0.717, 1.165) is 71.4 Å². The minimum absolute atomic E-state index is 0.699. The number of anilines is 2. The molecule has 5 heteroatoms. The Balaban J connectivity index is 1.07. The monoisotopic (exact) mass is 800 g/mol. The normalized spacial score (nSPS) is 12.6. The van der Waals surface area contributed by atoms with Gasteiger partial charge in [0.15, 0.2) is 5.82 Å². The summed E-state index contributed by atoms with van der Waals surface area (Å²) in [7, 11) is 0. The lowest BCUT2D eigenvalue weighted by Gasteiger charge is -2.14. The molecular weight excluding hydrogens is 761 g/mol. The zero-order valence-corrected chi connectivity index (χ0v) is 34.6. The first-order valence-electron chi connectivity index (χ1n) is 20.7. The van der Waals surface area contributed by atoms with Crippen LogP contribution in [0, 0.1) is 0 Å². The molecule has 0 spiro atoms. The Hall–Kier alpha value is -7.60. The number of nitrogens with one attached hydrogen (secondary N) is 1. The molecule has 0 amide bonds. The Kier molecular flexibility index (Phi) is 9.10. The lowest BCUT2D eigenvalue weighted by Crippen LogP contribution is -1.98. The summed E-state index contributed by atoms with van der Waals surface area (Å²) in [6.07, 6.45) is 8.72. The van der Waals surface area contributed by atoms with Crippen LogP contribution >= 0.6 is 11.3 Å². The highest BCUT2D eigenvalue weighted by atomic mass is 32.1. The van der Waals surface area contributed by atoms with Gasteiger partial charge < -0.3 is 9.88 Å². The molecule has 11 rings (SSSR count). The summed E-state index contributed by atoms with van der Waals surface area (Å²) in [5.74, 6) is 0.699. The van der Waals surface area contributed by atoms with E-state index in [2.05, 4.69) is 218 Å². The Morgan fingerprint density at radius 2 is 1.31 bits per heavy atom. The maximum Gasteiger partial charge on any atom is 0.160 e. The van der Waals surface area contributed by atoms with Crippen molar-refractivity contribution < 1.29 is 0 Å². The molecule has 1 N–H and O–H groups in total. The third-order valence-corrected chi connectivity index (χ3v) is 12.8. The summed E-state index contributed by atoms with van der Waals surface area (Å²) in [6, 6.07) is 62.8. The van der Waals surface area contributed by atoms with Gasteiger partial charge in [0.05, 0.1) is 26.9 Å². The maximum atomic E-state index is 5.48. The third kappa shape index (κ3) is 6.47. The number of para-hydroxylation sites is 3. The first kappa shape index (κ1) is 36.5. The summed E-state index contributed by atoms with van der Waals surface area (Å²) in [4.78, 5) is 10.8. The molecule has 4 nitrogen and oxygen atoms in total. The minimum atomic E-state index is 0.699. The van der Waals surface area contributed by atoms with Crippen LogP contribution in [0.25, 0.3) is 91.9 Å². The molecule has 0 atom stereocenters. The van der Waals surface area contributed by atoms with E-state index in [9.17, 15) is 0 Å². The Morgan fingerprint density at radius 1 is 0.574 bits per heavy atom. The molecule has 61 heavy (non-hydrogen) atoms. The molecule has 0 radical (unpaired) electrons. The second-order valence-corrected chi connectivity index (χ2v) is 16.4. The highest BCUT2D eigenvalue weighted by molar-refractivity contribution is 7.26. The van der Waals surface area contributed by atoms with E-state index in [0.29, 0.717) is 5.82 Å². The van der Waals surface area contributed by atoms with Crippen LogP contribution in [0.4, 0.5) is 11.4 Å². The average molecular weight is 801 g/mol. The highest BCUT2D eigenvalue weighted by Crippen LogP contribution is 2.41. The number of thiophene rings is 1. The van der Waals surface area contributed by atoms with Gasteiger partial charge in [-0.3, -0.25) is 0 Å². The highest BCUT2D eigenvalue weighted by Gasteiger charge is 2.19. The molecule has 0 aliphatic rings. The number of aromatic nitrogens is 3. The van der Waals surface area contributed by atoms with Crippen molar-refractivity contribution >= 4 is 97.5 Å². The summed E-state index contributed by atoms with van der Waals surface area (Å²) in [5, 5.41) is 12.1.